The maximum absolute atomic E-state index is 12.0. The lowest BCUT2D eigenvalue weighted by Crippen LogP contribution is -2.41. The van der Waals surface area contributed by atoms with Gasteiger partial charge in [-0.2, -0.15) is 0 Å². The number of rotatable bonds is 10. The van der Waals surface area contributed by atoms with E-state index in [4.69, 9.17) is 14.3 Å². The van der Waals surface area contributed by atoms with Gasteiger partial charge in [0.2, 0.25) is 0 Å². The number of hydroxylamine groups is 2. The smallest absolute Gasteiger partial charge is 0.330 e. The van der Waals surface area contributed by atoms with Crippen LogP contribution < -0.4 is 0 Å². The Morgan fingerprint density at radius 3 is 2.52 bits per heavy atom. The number of carbonyl (C=O) groups is 1. The van der Waals surface area contributed by atoms with Gasteiger partial charge in [-0.15, -0.1) is 5.06 Å². The molecule has 27 heavy (non-hydrogen) atoms. The van der Waals surface area contributed by atoms with Crippen molar-refractivity contribution >= 4 is 5.97 Å². The Bertz CT molecular complexity index is 541. The van der Waals surface area contributed by atoms with E-state index in [2.05, 4.69) is 12.1 Å². The number of piperidine rings is 1. The van der Waals surface area contributed by atoms with Crippen molar-refractivity contribution in [2.45, 2.75) is 53.1 Å². The zero-order chi connectivity index (χ0) is 19.5. The maximum Gasteiger partial charge on any atom is 0.330 e. The zero-order valence-electron chi connectivity index (χ0n) is 17.1. The molecule has 1 heterocycles. The Balaban J connectivity index is 1.49. The quantitative estimate of drug-likeness (QED) is 0.572. The van der Waals surface area contributed by atoms with Gasteiger partial charge in [0, 0.05) is 26.3 Å². The predicted molar refractivity (Wildman–Crippen MR) is 106 cm³/mol. The molecule has 0 saturated carbocycles. The van der Waals surface area contributed by atoms with Crippen LogP contribution in [0.2, 0.25) is 0 Å². The van der Waals surface area contributed by atoms with Gasteiger partial charge in [-0.3, -0.25) is 0 Å². The van der Waals surface area contributed by atoms with Gasteiger partial charge < -0.3 is 14.3 Å². The molecule has 0 spiro atoms. The van der Waals surface area contributed by atoms with Crippen molar-refractivity contribution in [3.05, 3.63) is 35.9 Å². The number of benzene rings is 1. The molecule has 0 bridgehead atoms. The van der Waals surface area contributed by atoms with Gasteiger partial charge in [0.25, 0.3) is 0 Å². The molecule has 0 amide bonds. The van der Waals surface area contributed by atoms with E-state index in [1.54, 1.807) is 0 Å². The van der Waals surface area contributed by atoms with E-state index in [1.165, 1.54) is 5.56 Å². The molecule has 1 aliphatic heterocycles. The third kappa shape index (κ3) is 8.87. The number of unbranched alkanes of at least 4 members (excludes halogenated alkanes) is 1. The molecule has 1 saturated heterocycles. The fourth-order valence-corrected chi connectivity index (χ4v) is 2.92. The number of hydrogen-bond acceptors (Lipinski definition) is 5. The number of ether oxygens (including phenoxy) is 2. The van der Waals surface area contributed by atoms with E-state index in [9.17, 15) is 4.79 Å². The van der Waals surface area contributed by atoms with Gasteiger partial charge in [0.15, 0.2) is 0 Å². The zero-order valence-corrected chi connectivity index (χ0v) is 17.1. The molecule has 1 aromatic carbocycles. The third-order valence-corrected chi connectivity index (χ3v) is 4.60. The highest BCUT2D eigenvalue weighted by atomic mass is 16.7. The summed E-state index contributed by atoms with van der Waals surface area (Å²) in [6, 6.07) is 10.2. The number of nitrogens with zero attached hydrogens (tertiary/aromatic N) is 1. The van der Waals surface area contributed by atoms with Crippen molar-refractivity contribution in [2.75, 3.05) is 32.9 Å². The molecule has 1 aliphatic rings. The van der Waals surface area contributed by atoms with E-state index in [0.29, 0.717) is 12.5 Å². The SMILES string of the molecule is CC(C)(C)C(=O)ON1CCCC(COCCCCOCc2ccccc2)C1. The molecule has 0 aliphatic carbocycles. The largest absolute Gasteiger partial charge is 0.381 e. The topological polar surface area (TPSA) is 48.0 Å². The highest BCUT2D eigenvalue weighted by Crippen LogP contribution is 2.21. The standard InChI is InChI=1S/C22H35NO4/c1-22(2,3)21(24)27-23-13-9-12-20(16-23)18-26-15-8-7-14-25-17-19-10-5-4-6-11-19/h4-6,10-11,20H,7-9,12-18H2,1-3H3. The molecule has 152 valence electrons. The van der Waals surface area contributed by atoms with E-state index < -0.39 is 5.41 Å². The molecule has 1 aromatic rings. The first-order valence-electron chi connectivity index (χ1n) is 10.1. The highest BCUT2D eigenvalue weighted by molar-refractivity contribution is 5.75. The lowest BCUT2D eigenvalue weighted by molar-refractivity contribution is -0.209. The second kappa shape index (κ2) is 11.4. The summed E-state index contributed by atoms with van der Waals surface area (Å²) in [6.45, 7) is 10.1. The Kier molecular flexibility index (Phi) is 9.25. The first-order chi connectivity index (χ1) is 12.9. The van der Waals surface area contributed by atoms with Crippen molar-refractivity contribution in [3.63, 3.8) is 0 Å². The van der Waals surface area contributed by atoms with Gasteiger partial charge in [0.05, 0.1) is 18.6 Å². The first-order valence-corrected chi connectivity index (χ1v) is 10.1. The van der Waals surface area contributed by atoms with Crippen LogP contribution in [0.4, 0.5) is 0 Å². The fraction of sp³-hybridized carbons (Fsp3) is 0.682. The summed E-state index contributed by atoms with van der Waals surface area (Å²) in [5.74, 6) is 0.264. The summed E-state index contributed by atoms with van der Waals surface area (Å²) in [5.41, 5.74) is 0.745. The molecular formula is C22H35NO4. The van der Waals surface area contributed by atoms with Crippen LogP contribution in [-0.4, -0.2) is 43.9 Å². The average molecular weight is 378 g/mol. The van der Waals surface area contributed by atoms with Crippen molar-refractivity contribution in [2.24, 2.45) is 11.3 Å². The molecule has 0 N–H and O–H groups in total. The lowest BCUT2D eigenvalue weighted by Gasteiger charge is -2.32. The Morgan fingerprint density at radius 2 is 1.81 bits per heavy atom. The molecule has 1 unspecified atom stereocenters. The summed E-state index contributed by atoms with van der Waals surface area (Å²) in [7, 11) is 0. The Labute approximate surface area is 163 Å². The molecule has 5 nitrogen and oxygen atoms in total. The summed E-state index contributed by atoms with van der Waals surface area (Å²) < 4.78 is 11.5. The first kappa shape index (κ1) is 21.9. The molecule has 1 atom stereocenters. The molecule has 0 radical (unpaired) electrons. The van der Waals surface area contributed by atoms with Gasteiger partial charge in [0.1, 0.15) is 0 Å². The van der Waals surface area contributed by atoms with Gasteiger partial charge in [-0.1, -0.05) is 30.3 Å². The fourth-order valence-electron chi connectivity index (χ4n) is 2.92. The van der Waals surface area contributed by atoms with Crippen LogP contribution in [0.5, 0.6) is 0 Å². The van der Waals surface area contributed by atoms with Crippen molar-refractivity contribution in [3.8, 4) is 0 Å². The van der Waals surface area contributed by atoms with Crippen LogP contribution >= 0.6 is 0 Å². The molecule has 0 aromatic heterocycles. The van der Waals surface area contributed by atoms with Crippen LogP contribution in [0.25, 0.3) is 0 Å². The second-order valence-electron chi connectivity index (χ2n) is 8.35. The van der Waals surface area contributed by atoms with E-state index in [0.717, 1.165) is 58.6 Å². The molecule has 2 rings (SSSR count). The summed E-state index contributed by atoms with van der Waals surface area (Å²) in [4.78, 5) is 17.5. The van der Waals surface area contributed by atoms with E-state index in [1.807, 2.05) is 44.0 Å². The Morgan fingerprint density at radius 1 is 1.11 bits per heavy atom. The van der Waals surface area contributed by atoms with E-state index >= 15 is 0 Å². The number of carbonyl (C=O) groups excluding carboxylic acids is 1. The molecule has 1 fully saturated rings. The predicted octanol–water partition coefficient (Wildman–Crippen LogP) is 4.22. The van der Waals surface area contributed by atoms with Crippen LogP contribution in [0.3, 0.4) is 0 Å². The highest BCUT2D eigenvalue weighted by Gasteiger charge is 2.28. The van der Waals surface area contributed by atoms with Gasteiger partial charge in [-0.25, -0.2) is 4.79 Å². The van der Waals surface area contributed by atoms with E-state index in [-0.39, 0.29) is 5.97 Å². The summed E-state index contributed by atoms with van der Waals surface area (Å²) in [5, 5.41) is 1.81. The molecule has 5 heteroatoms. The lowest BCUT2D eigenvalue weighted by atomic mass is 9.97. The summed E-state index contributed by atoms with van der Waals surface area (Å²) >= 11 is 0. The monoisotopic (exact) mass is 377 g/mol. The van der Waals surface area contributed by atoms with Crippen LogP contribution in [0.15, 0.2) is 30.3 Å². The van der Waals surface area contributed by atoms with Crippen LogP contribution in [-0.2, 0) is 25.7 Å². The second-order valence-corrected chi connectivity index (χ2v) is 8.35. The van der Waals surface area contributed by atoms with Crippen molar-refractivity contribution in [1.82, 2.24) is 5.06 Å². The normalized spacial score (nSPS) is 18.4. The minimum absolute atomic E-state index is 0.167. The van der Waals surface area contributed by atoms with Crippen LogP contribution in [0.1, 0.15) is 52.0 Å². The number of hydrogen-bond donors (Lipinski definition) is 0. The minimum atomic E-state index is -0.466. The van der Waals surface area contributed by atoms with Gasteiger partial charge >= 0.3 is 5.97 Å². The van der Waals surface area contributed by atoms with Crippen LogP contribution in [0, 0.1) is 11.3 Å². The maximum atomic E-state index is 12.0. The third-order valence-electron chi connectivity index (χ3n) is 4.60. The van der Waals surface area contributed by atoms with Gasteiger partial charge in [-0.05, 0) is 57.9 Å². The Hall–Kier alpha value is -1.43. The average Bonchev–Trinajstić information content (AvgIpc) is 2.64. The van der Waals surface area contributed by atoms with Crippen molar-refractivity contribution in [1.29, 1.82) is 0 Å². The molecular weight excluding hydrogens is 342 g/mol. The van der Waals surface area contributed by atoms with Crippen molar-refractivity contribution < 1.29 is 19.1 Å². The summed E-state index contributed by atoms with van der Waals surface area (Å²) in [6.07, 6.45) is 4.18. The minimum Gasteiger partial charge on any atom is -0.381 e.